The third-order valence-electron chi connectivity index (χ3n) is 28.5. The Bertz CT molecular complexity index is 7690. The number of hydrogen-bond donors (Lipinski definition) is 4. The van der Waals surface area contributed by atoms with Crippen molar-refractivity contribution in [3.8, 4) is 5.75 Å². The van der Waals surface area contributed by atoms with E-state index in [9.17, 15) is 60.7 Å². The summed E-state index contributed by atoms with van der Waals surface area (Å²) in [6, 6.07) is 71.0. The lowest BCUT2D eigenvalue weighted by Crippen LogP contribution is -2.44. The highest BCUT2D eigenvalue weighted by Gasteiger charge is 2.58. The second-order valence-electron chi connectivity index (χ2n) is 38.3. The molecular formula is C116H114Cl2N7O17S2+3. The Morgan fingerprint density at radius 3 is 1.72 bits per heavy atom. The summed E-state index contributed by atoms with van der Waals surface area (Å²) in [6.45, 7) is 24.0. The lowest BCUT2D eigenvalue weighted by Gasteiger charge is -2.30. The van der Waals surface area contributed by atoms with Crippen molar-refractivity contribution in [1.82, 2.24) is 0 Å². The number of furan rings is 2. The molecule has 12 aromatic rings. The molecule has 0 bridgehead atoms. The Morgan fingerprint density at radius 1 is 0.535 bits per heavy atom. The first-order valence-electron chi connectivity index (χ1n) is 47.3. The van der Waals surface area contributed by atoms with E-state index >= 15 is 0 Å². The predicted molar refractivity (Wildman–Crippen MR) is 569 cm³/mol. The van der Waals surface area contributed by atoms with E-state index < -0.39 is 76.4 Å². The number of carboxylic acid groups (broad SMARTS) is 2. The Kier molecular flexibility index (Phi) is 29.4. The highest BCUT2D eigenvalue weighted by Crippen LogP contribution is 2.57. The molecule has 738 valence electrons. The maximum atomic E-state index is 13.2. The summed E-state index contributed by atoms with van der Waals surface area (Å²) in [5.74, 6) is -0.883. The van der Waals surface area contributed by atoms with Crippen LogP contribution in [-0.4, -0.2) is 149 Å². The van der Waals surface area contributed by atoms with Gasteiger partial charge in [0.25, 0.3) is 32.4 Å². The van der Waals surface area contributed by atoms with E-state index in [1.54, 1.807) is 85.1 Å². The SMILES string of the molecule is C=CCC1(C)C(/C=C/C=C/C=C2\N(CCS(=O)(=O)O)c3ccc4ccccc4c3C2(C)CC=C)=[N+](CCS(=O)(=O)O)c2ccc3ccccc3c21.CC(C)Oc1ccc(CCN2C(=CC=CC3=[N+](C)c4ccc(C(=O)O)cc4C3(C)C)C(C)(Cc3ccccc3)c3cc([N+](=O)[O-])ccc32)cc1.CN1/C(=C\C=C\C2=[N+](C)c3ccc(Cl)cc3C2(Cc2ccco2)C(=O)O)C(Cc2ccco2)(OC=O)c2cc(Cl)ccc21. The molecule has 4 N–H and O–H groups in total. The summed E-state index contributed by atoms with van der Waals surface area (Å²) in [5.41, 5.74) is 13.4. The lowest BCUT2D eigenvalue weighted by molar-refractivity contribution is -0.432. The molecule has 6 aliphatic heterocycles. The number of carbonyl (C=O) groups is 3. The van der Waals surface area contributed by atoms with Gasteiger partial charge in [-0.1, -0.05) is 163 Å². The van der Waals surface area contributed by atoms with Crippen LogP contribution in [0.1, 0.15) is 128 Å². The van der Waals surface area contributed by atoms with Gasteiger partial charge in [-0.05, 0) is 233 Å². The zero-order chi connectivity index (χ0) is 103. The number of halogens is 2. The maximum absolute atomic E-state index is 13.2. The molecule has 0 amide bonds. The summed E-state index contributed by atoms with van der Waals surface area (Å²) in [6.07, 6.45) is 31.2. The van der Waals surface area contributed by atoms with Gasteiger partial charge in [-0.3, -0.25) is 28.8 Å². The average Bonchev–Trinajstić information content (AvgIpc) is 1.56. The van der Waals surface area contributed by atoms with Gasteiger partial charge in [0.2, 0.25) is 22.8 Å². The third-order valence-corrected chi connectivity index (χ3v) is 30.4. The molecule has 0 fully saturated rings. The van der Waals surface area contributed by atoms with Crippen LogP contribution in [0.5, 0.6) is 5.75 Å². The van der Waals surface area contributed by atoms with Crippen LogP contribution in [0.4, 0.5) is 39.8 Å². The topological polar surface area (TPSA) is 307 Å². The number of carboxylic acids is 2. The number of aromatic carboxylic acids is 1. The smallest absolute Gasteiger partial charge is 0.335 e. The number of rotatable bonds is 33. The molecule has 0 aliphatic carbocycles. The number of nitro benzene ring substituents is 1. The number of fused-ring (bicyclic) bond motifs is 10. The molecule has 0 saturated carbocycles. The number of allylic oxidation sites excluding steroid dienone is 15. The number of benzene rings is 10. The number of non-ortho nitro benzene ring substituents is 1. The van der Waals surface area contributed by atoms with Gasteiger partial charge in [0.1, 0.15) is 37.1 Å². The highest BCUT2D eigenvalue weighted by molar-refractivity contribution is 7.86. The Morgan fingerprint density at radius 2 is 1.09 bits per heavy atom. The highest BCUT2D eigenvalue weighted by atomic mass is 35.5. The van der Waals surface area contributed by atoms with E-state index in [1.807, 2.05) is 212 Å². The van der Waals surface area contributed by atoms with Crippen LogP contribution in [0.3, 0.4) is 0 Å². The summed E-state index contributed by atoms with van der Waals surface area (Å²) < 4.78 is 96.1. The number of carbonyl (C=O) groups excluding carboxylic acids is 1. The zero-order valence-corrected chi connectivity index (χ0v) is 84.8. The number of anilines is 3. The quantitative estimate of drug-likeness (QED) is 0.00565. The Hall–Kier alpha value is -14.6. The van der Waals surface area contributed by atoms with Gasteiger partial charge in [-0.25, -0.2) is 4.79 Å². The number of hydrogen-bond acceptors (Lipinski definition) is 16. The summed E-state index contributed by atoms with van der Waals surface area (Å²) in [5, 5.41) is 37.7. The van der Waals surface area contributed by atoms with Crippen LogP contribution in [0.15, 0.2) is 355 Å². The first-order valence-corrected chi connectivity index (χ1v) is 51.3. The van der Waals surface area contributed by atoms with Crippen LogP contribution >= 0.6 is 23.2 Å². The van der Waals surface area contributed by atoms with Crippen molar-refractivity contribution in [3.05, 3.63) is 428 Å². The molecule has 6 aliphatic rings. The van der Waals surface area contributed by atoms with Crippen molar-refractivity contribution >= 4 is 140 Å². The first kappa shape index (κ1) is 102. The van der Waals surface area contributed by atoms with Gasteiger partial charge in [0.15, 0.2) is 29.0 Å². The maximum Gasteiger partial charge on any atom is 0.335 e. The van der Waals surface area contributed by atoms with E-state index in [0.717, 1.165) is 118 Å². The summed E-state index contributed by atoms with van der Waals surface area (Å²) in [4.78, 5) is 54.9. The van der Waals surface area contributed by atoms with Crippen molar-refractivity contribution < 1.29 is 87.5 Å². The molecule has 28 heteroatoms. The molecule has 10 aromatic carbocycles. The normalized spacial score (nSPS) is 20.6. The molecule has 5 atom stereocenters. The average molecular weight is 2010 g/mol. The van der Waals surface area contributed by atoms with E-state index in [4.69, 9.17) is 41.5 Å². The minimum atomic E-state index is -4.23. The molecule has 0 spiro atoms. The predicted octanol–water partition coefficient (Wildman–Crippen LogP) is 23.5. The van der Waals surface area contributed by atoms with E-state index in [1.165, 1.54) is 11.8 Å². The number of nitro groups is 1. The largest absolute Gasteiger partial charge is 0.491 e. The first-order chi connectivity index (χ1) is 68.7. The summed E-state index contributed by atoms with van der Waals surface area (Å²) >= 11 is 12.8. The van der Waals surface area contributed by atoms with Gasteiger partial charge < -0.3 is 43.2 Å². The van der Waals surface area contributed by atoms with Gasteiger partial charge in [0.05, 0.1) is 63.4 Å². The molecule has 5 unspecified atom stereocenters. The Balaban J connectivity index is 0.000000155. The minimum Gasteiger partial charge on any atom is -0.491 e. The molecular weight excluding hydrogens is 1900 g/mol. The fourth-order valence-electron chi connectivity index (χ4n) is 21.9. The summed E-state index contributed by atoms with van der Waals surface area (Å²) in [7, 11) is -2.75. The molecule has 18 rings (SSSR count). The number of nitrogens with zero attached hydrogens (tertiary/aromatic N) is 7. The number of aliphatic carboxylic acids is 1. The van der Waals surface area contributed by atoms with Crippen molar-refractivity contribution in [2.24, 2.45) is 0 Å². The second-order valence-corrected chi connectivity index (χ2v) is 42.3. The molecule has 8 heterocycles. The fraction of sp³-hybridized carbons (Fsp3) is 0.241. The standard InChI is InChI=1S/C42H43N3O5.C41H42N2O6S2.C33H26Cl2N2O6/c1-28(2)50-33-19-15-29(16-20-33)23-24-44-37-22-18-32(45(48)49)26-35(37)42(5,27-30-11-8-7-9-12-30)39(44)14-10-13-38-41(3,4)34-25-31(40(46)47)17-21-36(34)43(38)6;1-5-24-40(3)36(42(26-28-50(44,45)46)34-22-20-30-14-10-12-16-32(30)38(34)40)18-8-7-9-19-37-41(4,25-6-2)39-33-17-13-11-15-31(33)21-23-35(39)43(37)27-29-51(47,48)49;1-36-27-12-10-21(34)16-25(27)32(31(39)40,18-23-6-4-14-41-23)29(36)8-3-9-30-33(43-20-38,19-24-7-5-15-42-24)26-17-22(35)11-13-28(26)37(30)2/h7-22,25-26,28H,23-24,27H2,1-6H3;5-23H,1-2,24-29H2,3-4H3,(H-,44,45,46,47,48,49);3-17,20H,18-19H2,1-2H3/p+3. The zero-order valence-electron chi connectivity index (χ0n) is 81.7. The van der Waals surface area contributed by atoms with Crippen molar-refractivity contribution in [2.75, 3.05) is 67.0 Å². The third kappa shape index (κ3) is 19.9. The van der Waals surface area contributed by atoms with Gasteiger partial charge >= 0.3 is 11.9 Å². The molecule has 0 saturated heterocycles. The minimum absolute atomic E-state index is 0.0686. The van der Waals surface area contributed by atoms with Crippen molar-refractivity contribution in [3.63, 3.8) is 0 Å². The van der Waals surface area contributed by atoms with Crippen LogP contribution < -0.4 is 19.4 Å². The monoisotopic (exact) mass is 2010 g/mol. The van der Waals surface area contributed by atoms with Gasteiger partial charge in [-0.15, -0.1) is 13.2 Å². The lowest BCUT2D eigenvalue weighted by atomic mass is 9.74. The molecule has 24 nitrogen and oxygen atoms in total. The molecule has 144 heavy (non-hydrogen) atoms. The van der Waals surface area contributed by atoms with Gasteiger partial charge in [-0.2, -0.15) is 30.6 Å². The fourth-order valence-corrected chi connectivity index (χ4v) is 23.1. The van der Waals surface area contributed by atoms with Crippen LogP contribution in [0.25, 0.3) is 21.5 Å². The Labute approximate surface area is 848 Å². The van der Waals surface area contributed by atoms with E-state index in [2.05, 4.69) is 124 Å². The van der Waals surface area contributed by atoms with Crippen LogP contribution in [-0.2, 0) is 92.9 Å². The molecule has 0 radical (unpaired) electrons. The number of ether oxygens (including phenoxy) is 2. The van der Waals surface area contributed by atoms with E-state index in [-0.39, 0.29) is 48.2 Å². The number of likely N-dealkylation sites (N-methyl/N-ethyl adjacent to an activating group) is 1. The second kappa shape index (κ2) is 41.4. The van der Waals surface area contributed by atoms with E-state index in [0.29, 0.717) is 76.4 Å². The molecule has 2 aromatic heterocycles. The van der Waals surface area contributed by atoms with Crippen LogP contribution in [0, 0.1) is 10.1 Å². The van der Waals surface area contributed by atoms with Crippen molar-refractivity contribution in [1.29, 1.82) is 0 Å². The van der Waals surface area contributed by atoms with Crippen molar-refractivity contribution in [2.45, 2.75) is 126 Å². The van der Waals surface area contributed by atoms with Crippen LogP contribution in [0.2, 0.25) is 10.0 Å². The van der Waals surface area contributed by atoms with Gasteiger partial charge in [0, 0.05) is 141 Å².